The van der Waals surface area contributed by atoms with Crippen molar-refractivity contribution in [3.63, 3.8) is 0 Å². The molecule has 0 aliphatic heterocycles. The molecular weight excluding hydrogens is 238 g/mol. The quantitative estimate of drug-likeness (QED) is 0.863. The Kier molecular flexibility index (Phi) is 4.50. The van der Waals surface area contributed by atoms with Gasteiger partial charge in [-0.05, 0) is 42.3 Å². The van der Waals surface area contributed by atoms with Gasteiger partial charge in [-0.15, -0.1) is 0 Å². The monoisotopic (exact) mass is 255 g/mol. The normalized spacial score (nSPS) is 9.95. The van der Waals surface area contributed by atoms with E-state index in [-0.39, 0.29) is 5.91 Å². The van der Waals surface area contributed by atoms with E-state index in [1.807, 2.05) is 36.5 Å². The molecule has 1 heterocycles. The summed E-state index contributed by atoms with van der Waals surface area (Å²) in [4.78, 5) is 15.0. The molecule has 0 unspecified atom stereocenters. The number of nitrogens with one attached hydrogen (secondary N) is 2. The van der Waals surface area contributed by atoms with Crippen LogP contribution in [0.4, 0.5) is 11.4 Å². The van der Waals surface area contributed by atoms with Crippen molar-refractivity contribution >= 4 is 17.3 Å². The number of carbonyl (C=O) groups is 1. The molecule has 2 N–H and O–H groups in total. The molecule has 0 bridgehead atoms. The number of hydrogen-bond donors (Lipinski definition) is 2. The predicted molar refractivity (Wildman–Crippen MR) is 77.2 cm³/mol. The number of hydrogen-bond acceptors (Lipinski definition) is 3. The molecule has 1 aromatic carbocycles. The maximum atomic E-state index is 10.9. The lowest BCUT2D eigenvalue weighted by Gasteiger charge is -2.07. The van der Waals surface area contributed by atoms with E-state index < -0.39 is 0 Å². The standard InChI is InChI=1S/C15H17N3O/c1-12(19)18-15-6-4-14(5-7-15)17-10-8-13-3-2-9-16-11-13/h2-7,9,11,17H,8,10H2,1H3,(H,18,19). The lowest BCUT2D eigenvalue weighted by atomic mass is 10.2. The summed E-state index contributed by atoms with van der Waals surface area (Å²) in [7, 11) is 0. The molecule has 4 heteroatoms. The summed E-state index contributed by atoms with van der Waals surface area (Å²) in [6.07, 6.45) is 4.58. The topological polar surface area (TPSA) is 54.0 Å². The number of amides is 1. The van der Waals surface area contributed by atoms with Gasteiger partial charge in [-0.1, -0.05) is 6.07 Å². The molecule has 0 aliphatic carbocycles. The van der Waals surface area contributed by atoms with E-state index in [0.717, 1.165) is 24.3 Å². The minimum atomic E-state index is -0.0581. The van der Waals surface area contributed by atoms with Crippen LogP contribution in [0.3, 0.4) is 0 Å². The van der Waals surface area contributed by atoms with Gasteiger partial charge in [0.1, 0.15) is 0 Å². The van der Waals surface area contributed by atoms with Crippen molar-refractivity contribution in [3.8, 4) is 0 Å². The molecule has 98 valence electrons. The Morgan fingerprint density at radius 3 is 2.53 bits per heavy atom. The smallest absolute Gasteiger partial charge is 0.221 e. The lowest BCUT2D eigenvalue weighted by Crippen LogP contribution is -2.07. The van der Waals surface area contributed by atoms with E-state index in [0.29, 0.717) is 0 Å². The molecule has 19 heavy (non-hydrogen) atoms. The molecular formula is C15H17N3O. The van der Waals surface area contributed by atoms with Crippen molar-refractivity contribution in [2.45, 2.75) is 13.3 Å². The van der Waals surface area contributed by atoms with Gasteiger partial charge in [-0.2, -0.15) is 0 Å². The van der Waals surface area contributed by atoms with Crippen molar-refractivity contribution in [2.75, 3.05) is 17.2 Å². The average molecular weight is 255 g/mol. The zero-order valence-corrected chi connectivity index (χ0v) is 10.9. The van der Waals surface area contributed by atoms with Gasteiger partial charge in [-0.3, -0.25) is 9.78 Å². The Morgan fingerprint density at radius 1 is 1.16 bits per heavy atom. The Morgan fingerprint density at radius 2 is 1.89 bits per heavy atom. The molecule has 0 saturated heterocycles. The largest absolute Gasteiger partial charge is 0.385 e. The summed E-state index contributed by atoms with van der Waals surface area (Å²) in [6.45, 7) is 2.35. The molecule has 2 aromatic rings. The Labute approximate surface area is 112 Å². The van der Waals surface area contributed by atoms with E-state index in [1.165, 1.54) is 12.5 Å². The van der Waals surface area contributed by atoms with E-state index in [2.05, 4.69) is 21.7 Å². The number of nitrogens with zero attached hydrogens (tertiary/aromatic N) is 1. The SMILES string of the molecule is CC(=O)Nc1ccc(NCCc2cccnc2)cc1. The summed E-state index contributed by atoms with van der Waals surface area (Å²) in [5, 5.41) is 6.07. The fourth-order valence-electron chi connectivity index (χ4n) is 1.77. The first-order valence-electron chi connectivity index (χ1n) is 6.24. The van der Waals surface area contributed by atoms with Crippen LogP contribution < -0.4 is 10.6 Å². The third kappa shape index (κ3) is 4.43. The van der Waals surface area contributed by atoms with Crippen molar-refractivity contribution in [2.24, 2.45) is 0 Å². The van der Waals surface area contributed by atoms with Crippen LogP contribution in [0.1, 0.15) is 12.5 Å². The van der Waals surface area contributed by atoms with Crippen molar-refractivity contribution in [1.29, 1.82) is 0 Å². The molecule has 1 aromatic heterocycles. The molecule has 0 aliphatic rings. The summed E-state index contributed by atoms with van der Waals surface area (Å²) < 4.78 is 0. The van der Waals surface area contributed by atoms with E-state index >= 15 is 0 Å². The zero-order chi connectivity index (χ0) is 13.5. The van der Waals surface area contributed by atoms with Gasteiger partial charge in [0, 0.05) is 37.2 Å². The summed E-state index contributed by atoms with van der Waals surface area (Å²) >= 11 is 0. The van der Waals surface area contributed by atoms with Gasteiger partial charge in [0.25, 0.3) is 0 Å². The highest BCUT2D eigenvalue weighted by Crippen LogP contribution is 2.13. The summed E-state index contributed by atoms with van der Waals surface area (Å²) in [6, 6.07) is 11.7. The van der Waals surface area contributed by atoms with Gasteiger partial charge in [0.05, 0.1) is 0 Å². The van der Waals surface area contributed by atoms with Crippen LogP contribution in [0.5, 0.6) is 0 Å². The molecule has 4 nitrogen and oxygen atoms in total. The van der Waals surface area contributed by atoms with Crippen LogP contribution >= 0.6 is 0 Å². The third-order valence-corrected chi connectivity index (χ3v) is 2.67. The molecule has 2 rings (SSSR count). The van der Waals surface area contributed by atoms with Crippen molar-refractivity contribution < 1.29 is 4.79 Å². The highest BCUT2D eigenvalue weighted by atomic mass is 16.1. The van der Waals surface area contributed by atoms with Gasteiger partial charge in [-0.25, -0.2) is 0 Å². The Balaban J connectivity index is 1.81. The molecule has 0 spiro atoms. The van der Waals surface area contributed by atoms with Crippen LogP contribution in [0.2, 0.25) is 0 Å². The second kappa shape index (κ2) is 6.54. The number of carbonyl (C=O) groups excluding carboxylic acids is 1. The lowest BCUT2D eigenvalue weighted by molar-refractivity contribution is -0.114. The number of benzene rings is 1. The van der Waals surface area contributed by atoms with Crippen LogP contribution in [-0.4, -0.2) is 17.4 Å². The maximum absolute atomic E-state index is 10.9. The number of aromatic nitrogens is 1. The van der Waals surface area contributed by atoms with E-state index in [9.17, 15) is 4.79 Å². The predicted octanol–water partition coefficient (Wildman–Crippen LogP) is 2.69. The van der Waals surface area contributed by atoms with Crippen molar-refractivity contribution in [3.05, 3.63) is 54.4 Å². The second-order valence-corrected chi connectivity index (χ2v) is 4.30. The first-order chi connectivity index (χ1) is 9.24. The number of pyridine rings is 1. The molecule has 1 amide bonds. The zero-order valence-electron chi connectivity index (χ0n) is 10.9. The van der Waals surface area contributed by atoms with E-state index in [1.54, 1.807) is 6.20 Å². The van der Waals surface area contributed by atoms with Crippen molar-refractivity contribution in [1.82, 2.24) is 4.98 Å². The van der Waals surface area contributed by atoms with Gasteiger partial charge < -0.3 is 10.6 Å². The second-order valence-electron chi connectivity index (χ2n) is 4.30. The third-order valence-electron chi connectivity index (χ3n) is 2.67. The average Bonchev–Trinajstić information content (AvgIpc) is 2.41. The fraction of sp³-hybridized carbons (Fsp3) is 0.200. The number of anilines is 2. The molecule has 0 fully saturated rings. The highest BCUT2D eigenvalue weighted by Gasteiger charge is 1.96. The molecule has 0 saturated carbocycles. The summed E-state index contributed by atoms with van der Waals surface area (Å²) in [5.74, 6) is -0.0581. The summed E-state index contributed by atoms with van der Waals surface area (Å²) in [5.41, 5.74) is 3.06. The highest BCUT2D eigenvalue weighted by molar-refractivity contribution is 5.88. The van der Waals surface area contributed by atoms with E-state index in [4.69, 9.17) is 0 Å². The Bertz CT molecular complexity index is 523. The van der Waals surface area contributed by atoms with Crippen LogP contribution in [0.25, 0.3) is 0 Å². The Hall–Kier alpha value is -2.36. The molecule has 0 radical (unpaired) electrons. The first-order valence-corrected chi connectivity index (χ1v) is 6.24. The molecule has 0 atom stereocenters. The van der Waals surface area contributed by atoms with Crippen LogP contribution in [0.15, 0.2) is 48.8 Å². The number of rotatable bonds is 5. The minimum absolute atomic E-state index is 0.0581. The van der Waals surface area contributed by atoms with Crippen LogP contribution in [-0.2, 0) is 11.2 Å². The first kappa shape index (κ1) is 13.1. The van der Waals surface area contributed by atoms with Gasteiger partial charge in [0.15, 0.2) is 0 Å². The van der Waals surface area contributed by atoms with Crippen LogP contribution in [0, 0.1) is 0 Å². The fourth-order valence-corrected chi connectivity index (χ4v) is 1.77. The minimum Gasteiger partial charge on any atom is -0.385 e. The maximum Gasteiger partial charge on any atom is 0.221 e. The van der Waals surface area contributed by atoms with Gasteiger partial charge in [0.2, 0.25) is 5.91 Å². The van der Waals surface area contributed by atoms with Gasteiger partial charge >= 0.3 is 0 Å².